The summed E-state index contributed by atoms with van der Waals surface area (Å²) in [5.74, 6) is -1.51. The highest BCUT2D eigenvalue weighted by Gasteiger charge is 2.39. The van der Waals surface area contributed by atoms with Crippen molar-refractivity contribution in [2.45, 2.75) is 17.9 Å². The van der Waals surface area contributed by atoms with Crippen LogP contribution in [0.5, 0.6) is 5.75 Å². The molecule has 0 fully saturated rings. The Bertz CT molecular complexity index is 393. The minimum Gasteiger partial charge on any atom is -0.505 e. The standard InChI is InChI=1S/C8H5BrF5NO/c9-1-3-2-15-5(7(10)11)6(16)4(3)8(12,13)14/h2,7,16H,1H2. The summed E-state index contributed by atoms with van der Waals surface area (Å²) in [5.41, 5.74) is -3.14. The van der Waals surface area contributed by atoms with Crippen LogP contribution in [0.15, 0.2) is 6.20 Å². The molecule has 0 saturated heterocycles. The minimum atomic E-state index is -4.90. The normalized spacial score (nSPS) is 12.2. The zero-order valence-electron chi connectivity index (χ0n) is 7.52. The van der Waals surface area contributed by atoms with Gasteiger partial charge in [0.15, 0.2) is 5.75 Å². The molecule has 0 atom stereocenters. The van der Waals surface area contributed by atoms with Gasteiger partial charge in [0.05, 0.1) is 0 Å². The lowest BCUT2D eigenvalue weighted by Crippen LogP contribution is -2.11. The fraction of sp³-hybridized carbons (Fsp3) is 0.375. The Morgan fingerprint density at radius 1 is 1.38 bits per heavy atom. The molecule has 0 unspecified atom stereocenters. The van der Waals surface area contributed by atoms with Gasteiger partial charge in [-0.05, 0) is 5.56 Å². The molecule has 0 bridgehead atoms. The molecule has 0 aromatic carbocycles. The van der Waals surface area contributed by atoms with Gasteiger partial charge in [0.25, 0.3) is 6.43 Å². The number of nitrogens with zero attached hydrogens (tertiary/aromatic N) is 1. The molecule has 90 valence electrons. The number of aromatic hydroxyl groups is 1. The molecule has 16 heavy (non-hydrogen) atoms. The topological polar surface area (TPSA) is 33.1 Å². The van der Waals surface area contributed by atoms with Crippen molar-refractivity contribution in [1.82, 2.24) is 4.98 Å². The molecule has 0 amide bonds. The molecule has 0 radical (unpaired) electrons. The molecule has 0 aliphatic heterocycles. The van der Waals surface area contributed by atoms with Crippen LogP contribution in [0, 0.1) is 0 Å². The van der Waals surface area contributed by atoms with Crippen molar-refractivity contribution in [3.8, 4) is 5.75 Å². The molecule has 0 saturated carbocycles. The van der Waals surface area contributed by atoms with Crippen LogP contribution >= 0.6 is 15.9 Å². The van der Waals surface area contributed by atoms with Gasteiger partial charge in [-0.3, -0.25) is 4.98 Å². The predicted molar refractivity (Wildman–Crippen MR) is 48.5 cm³/mol. The zero-order valence-corrected chi connectivity index (χ0v) is 9.11. The van der Waals surface area contributed by atoms with Gasteiger partial charge in [-0.15, -0.1) is 0 Å². The summed E-state index contributed by atoms with van der Waals surface area (Å²) >= 11 is 2.76. The lowest BCUT2D eigenvalue weighted by atomic mass is 10.1. The highest BCUT2D eigenvalue weighted by Crippen LogP contribution is 2.42. The summed E-state index contributed by atoms with van der Waals surface area (Å²) in [6.07, 6.45) is -7.50. The maximum atomic E-state index is 12.5. The van der Waals surface area contributed by atoms with Crippen molar-refractivity contribution in [2.75, 3.05) is 0 Å². The highest BCUT2D eigenvalue weighted by atomic mass is 79.9. The van der Waals surface area contributed by atoms with Gasteiger partial charge in [0, 0.05) is 11.5 Å². The Balaban J connectivity index is 3.47. The second-order valence-corrected chi connectivity index (χ2v) is 3.39. The van der Waals surface area contributed by atoms with E-state index in [1.54, 1.807) is 0 Å². The summed E-state index contributed by atoms with van der Waals surface area (Å²) in [6.45, 7) is 0. The fourth-order valence-electron chi connectivity index (χ4n) is 1.13. The quantitative estimate of drug-likeness (QED) is 0.668. The third-order valence-corrected chi connectivity index (χ3v) is 2.40. The largest absolute Gasteiger partial charge is 0.505 e. The second kappa shape index (κ2) is 4.52. The number of aromatic nitrogens is 1. The zero-order chi connectivity index (χ0) is 12.5. The number of pyridine rings is 1. The Hall–Kier alpha value is -0.920. The molecular weight excluding hydrogens is 301 g/mol. The van der Waals surface area contributed by atoms with E-state index >= 15 is 0 Å². The second-order valence-electron chi connectivity index (χ2n) is 2.82. The van der Waals surface area contributed by atoms with E-state index in [0.717, 1.165) is 0 Å². The van der Waals surface area contributed by atoms with Crippen molar-refractivity contribution in [3.05, 3.63) is 23.0 Å². The Labute approximate surface area is 95.2 Å². The number of hydrogen-bond donors (Lipinski definition) is 1. The van der Waals surface area contributed by atoms with Crippen molar-refractivity contribution in [3.63, 3.8) is 0 Å². The van der Waals surface area contributed by atoms with Gasteiger partial charge in [-0.25, -0.2) is 8.78 Å². The summed E-state index contributed by atoms with van der Waals surface area (Å²) in [5, 5.41) is 8.88. The van der Waals surface area contributed by atoms with Crippen LogP contribution in [-0.4, -0.2) is 10.1 Å². The first-order chi connectivity index (χ1) is 7.29. The van der Waals surface area contributed by atoms with Gasteiger partial charge >= 0.3 is 6.18 Å². The molecule has 1 heterocycles. The maximum absolute atomic E-state index is 12.5. The molecule has 8 heteroatoms. The maximum Gasteiger partial charge on any atom is 0.420 e. The molecule has 1 N–H and O–H groups in total. The van der Waals surface area contributed by atoms with Crippen molar-refractivity contribution < 1.29 is 27.1 Å². The van der Waals surface area contributed by atoms with Crippen LogP contribution in [0.3, 0.4) is 0 Å². The van der Waals surface area contributed by atoms with E-state index in [4.69, 9.17) is 5.11 Å². The van der Waals surface area contributed by atoms with E-state index in [1.807, 2.05) is 0 Å². The average Bonchev–Trinajstić information content (AvgIpc) is 2.14. The monoisotopic (exact) mass is 305 g/mol. The van der Waals surface area contributed by atoms with E-state index in [2.05, 4.69) is 20.9 Å². The first kappa shape index (κ1) is 13.1. The molecule has 0 spiro atoms. The van der Waals surface area contributed by atoms with E-state index in [9.17, 15) is 22.0 Å². The fourth-order valence-corrected chi connectivity index (χ4v) is 1.56. The Morgan fingerprint density at radius 3 is 2.31 bits per heavy atom. The summed E-state index contributed by atoms with van der Waals surface area (Å²) in [7, 11) is 0. The van der Waals surface area contributed by atoms with E-state index in [0.29, 0.717) is 6.20 Å². The molecule has 2 nitrogen and oxygen atoms in total. The SMILES string of the molecule is Oc1c(C(F)F)ncc(CBr)c1C(F)(F)F. The summed E-state index contributed by atoms with van der Waals surface area (Å²) in [4.78, 5) is 3.09. The molecule has 1 aromatic rings. The van der Waals surface area contributed by atoms with Gasteiger partial charge < -0.3 is 5.11 Å². The third kappa shape index (κ3) is 2.42. The van der Waals surface area contributed by atoms with Crippen molar-refractivity contribution in [2.24, 2.45) is 0 Å². The average molecular weight is 306 g/mol. The highest BCUT2D eigenvalue weighted by molar-refractivity contribution is 9.08. The van der Waals surface area contributed by atoms with E-state index < -0.39 is 35.2 Å². The molecule has 1 aromatic heterocycles. The number of hydrogen-bond acceptors (Lipinski definition) is 2. The first-order valence-corrected chi connectivity index (χ1v) is 5.03. The lowest BCUT2D eigenvalue weighted by molar-refractivity contribution is -0.139. The summed E-state index contributed by atoms with van der Waals surface area (Å²) in [6, 6.07) is 0. The lowest BCUT2D eigenvalue weighted by Gasteiger charge is -2.14. The predicted octanol–water partition coefficient (Wildman–Crippen LogP) is 3.64. The Kier molecular flexibility index (Phi) is 3.72. The van der Waals surface area contributed by atoms with Crippen LogP contribution in [0.1, 0.15) is 23.2 Å². The molecule has 0 aliphatic carbocycles. The molecular formula is C8H5BrF5NO. The minimum absolute atomic E-state index is 0.244. The van der Waals surface area contributed by atoms with Crippen LogP contribution in [0.4, 0.5) is 22.0 Å². The van der Waals surface area contributed by atoms with Gasteiger partial charge in [0.2, 0.25) is 0 Å². The van der Waals surface area contributed by atoms with Crippen LogP contribution in [0.25, 0.3) is 0 Å². The van der Waals surface area contributed by atoms with Crippen molar-refractivity contribution >= 4 is 15.9 Å². The van der Waals surface area contributed by atoms with Gasteiger partial charge in [0.1, 0.15) is 11.3 Å². The number of halogens is 6. The molecule has 1 rings (SSSR count). The van der Waals surface area contributed by atoms with Crippen LogP contribution in [0.2, 0.25) is 0 Å². The number of rotatable bonds is 2. The van der Waals surface area contributed by atoms with Crippen LogP contribution < -0.4 is 0 Å². The Morgan fingerprint density at radius 2 is 1.94 bits per heavy atom. The smallest absolute Gasteiger partial charge is 0.420 e. The third-order valence-electron chi connectivity index (χ3n) is 1.79. The molecule has 0 aliphatic rings. The van der Waals surface area contributed by atoms with E-state index in [-0.39, 0.29) is 5.33 Å². The van der Waals surface area contributed by atoms with E-state index in [1.165, 1.54) is 0 Å². The number of alkyl halides is 6. The summed E-state index contributed by atoms with van der Waals surface area (Å²) < 4.78 is 61.9. The van der Waals surface area contributed by atoms with Crippen molar-refractivity contribution in [1.29, 1.82) is 0 Å². The van der Waals surface area contributed by atoms with Gasteiger partial charge in [-0.2, -0.15) is 13.2 Å². The van der Waals surface area contributed by atoms with Crippen LogP contribution in [-0.2, 0) is 11.5 Å². The first-order valence-electron chi connectivity index (χ1n) is 3.91. The van der Waals surface area contributed by atoms with Gasteiger partial charge in [-0.1, -0.05) is 15.9 Å².